The minimum Gasteiger partial charge on any atom is -0.388 e. The van der Waals surface area contributed by atoms with Crippen molar-refractivity contribution in [2.75, 3.05) is 26.4 Å². The zero-order valence-electron chi connectivity index (χ0n) is 11.5. The van der Waals surface area contributed by atoms with Crippen LogP contribution in [-0.4, -0.2) is 43.0 Å². The van der Waals surface area contributed by atoms with Crippen LogP contribution < -0.4 is 5.32 Å². The SMILES string of the molecule is O=C(COCc1ccccc1)NCC1(O)CCOCC1. The topological polar surface area (TPSA) is 67.8 Å². The Morgan fingerprint density at radius 2 is 2.00 bits per heavy atom. The predicted molar refractivity (Wildman–Crippen MR) is 74.1 cm³/mol. The summed E-state index contributed by atoms with van der Waals surface area (Å²) in [7, 11) is 0. The third-order valence-electron chi connectivity index (χ3n) is 3.38. The van der Waals surface area contributed by atoms with Crippen molar-refractivity contribution in [1.82, 2.24) is 5.32 Å². The molecule has 5 heteroatoms. The van der Waals surface area contributed by atoms with Gasteiger partial charge in [0, 0.05) is 32.6 Å². The van der Waals surface area contributed by atoms with Crippen LogP contribution in [0.15, 0.2) is 30.3 Å². The summed E-state index contributed by atoms with van der Waals surface area (Å²) < 4.78 is 10.5. The Morgan fingerprint density at radius 3 is 2.70 bits per heavy atom. The van der Waals surface area contributed by atoms with Crippen LogP contribution in [0, 0.1) is 0 Å². The molecule has 1 aromatic rings. The number of nitrogens with one attached hydrogen (secondary N) is 1. The van der Waals surface area contributed by atoms with E-state index in [-0.39, 0.29) is 19.1 Å². The Labute approximate surface area is 118 Å². The maximum absolute atomic E-state index is 11.6. The summed E-state index contributed by atoms with van der Waals surface area (Å²) in [6.45, 7) is 1.74. The highest BCUT2D eigenvalue weighted by Crippen LogP contribution is 2.19. The van der Waals surface area contributed by atoms with E-state index in [4.69, 9.17) is 9.47 Å². The number of amides is 1. The lowest BCUT2D eigenvalue weighted by atomic mass is 9.94. The first-order valence-corrected chi connectivity index (χ1v) is 6.86. The minimum atomic E-state index is -0.840. The molecule has 2 N–H and O–H groups in total. The van der Waals surface area contributed by atoms with Gasteiger partial charge in [-0.3, -0.25) is 4.79 Å². The molecule has 0 aliphatic carbocycles. The monoisotopic (exact) mass is 279 g/mol. The normalized spacial score (nSPS) is 17.6. The fraction of sp³-hybridized carbons (Fsp3) is 0.533. The maximum Gasteiger partial charge on any atom is 0.246 e. The van der Waals surface area contributed by atoms with Crippen molar-refractivity contribution >= 4 is 5.91 Å². The molecule has 2 rings (SSSR count). The molecular formula is C15H21NO4. The summed E-state index contributed by atoms with van der Waals surface area (Å²) in [6, 6.07) is 9.69. The van der Waals surface area contributed by atoms with Gasteiger partial charge in [0.05, 0.1) is 12.2 Å². The van der Waals surface area contributed by atoms with Crippen LogP contribution in [0.1, 0.15) is 18.4 Å². The van der Waals surface area contributed by atoms with Crippen LogP contribution in [-0.2, 0) is 20.9 Å². The van der Waals surface area contributed by atoms with E-state index in [2.05, 4.69) is 5.32 Å². The van der Waals surface area contributed by atoms with Gasteiger partial charge in [0.15, 0.2) is 0 Å². The van der Waals surface area contributed by atoms with E-state index < -0.39 is 5.60 Å². The molecule has 0 unspecified atom stereocenters. The van der Waals surface area contributed by atoms with Crippen LogP contribution in [0.3, 0.4) is 0 Å². The lowest BCUT2D eigenvalue weighted by Crippen LogP contribution is -2.47. The van der Waals surface area contributed by atoms with E-state index in [1.54, 1.807) is 0 Å². The van der Waals surface area contributed by atoms with Gasteiger partial charge in [0.1, 0.15) is 6.61 Å². The van der Waals surface area contributed by atoms with E-state index in [1.165, 1.54) is 0 Å². The molecule has 1 fully saturated rings. The molecule has 0 saturated carbocycles. The Hall–Kier alpha value is -1.43. The molecule has 0 radical (unpaired) electrons. The second-order valence-electron chi connectivity index (χ2n) is 5.09. The molecule has 1 aliphatic rings. The molecule has 1 aliphatic heterocycles. The molecule has 20 heavy (non-hydrogen) atoms. The number of aliphatic hydroxyl groups is 1. The number of rotatable bonds is 6. The van der Waals surface area contributed by atoms with E-state index in [9.17, 15) is 9.90 Å². The summed E-state index contributed by atoms with van der Waals surface area (Å²) >= 11 is 0. The first-order chi connectivity index (χ1) is 9.68. The summed E-state index contributed by atoms with van der Waals surface area (Å²) in [5, 5.41) is 12.9. The van der Waals surface area contributed by atoms with Gasteiger partial charge >= 0.3 is 0 Å². The molecule has 0 spiro atoms. The highest BCUT2D eigenvalue weighted by atomic mass is 16.5. The summed E-state index contributed by atoms with van der Waals surface area (Å²) in [4.78, 5) is 11.6. The fourth-order valence-corrected chi connectivity index (χ4v) is 2.08. The molecular weight excluding hydrogens is 258 g/mol. The van der Waals surface area contributed by atoms with Gasteiger partial charge in [-0.1, -0.05) is 30.3 Å². The first kappa shape index (κ1) is 15.0. The van der Waals surface area contributed by atoms with Crippen molar-refractivity contribution in [3.63, 3.8) is 0 Å². The summed E-state index contributed by atoms with van der Waals surface area (Å²) in [5.41, 5.74) is 0.191. The van der Waals surface area contributed by atoms with Gasteiger partial charge in [-0.15, -0.1) is 0 Å². The third kappa shape index (κ3) is 4.92. The number of hydrogen-bond acceptors (Lipinski definition) is 4. The Balaban J connectivity index is 1.63. The van der Waals surface area contributed by atoms with Crippen molar-refractivity contribution < 1.29 is 19.4 Å². The van der Waals surface area contributed by atoms with E-state index in [1.807, 2.05) is 30.3 Å². The number of hydrogen-bond donors (Lipinski definition) is 2. The highest BCUT2D eigenvalue weighted by Gasteiger charge is 2.29. The standard InChI is InChI=1S/C15H21NO4/c17-14(11-20-10-13-4-2-1-3-5-13)16-12-15(18)6-8-19-9-7-15/h1-5,18H,6-12H2,(H,16,17). The third-order valence-corrected chi connectivity index (χ3v) is 3.38. The number of carbonyl (C=O) groups excluding carboxylic acids is 1. The van der Waals surface area contributed by atoms with Crippen LogP contribution in [0.25, 0.3) is 0 Å². The number of benzene rings is 1. The largest absolute Gasteiger partial charge is 0.388 e. The second kappa shape index (κ2) is 7.38. The molecule has 1 saturated heterocycles. The van der Waals surface area contributed by atoms with Crippen LogP contribution in [0.4, 0.5) is 0 Å². The average Bonchev–Trinajstić information content (AvgIpc) is 2.47. The van der Waals surface area contributed by atoms with Crippen LogP contribution >= 0.6 is 0 Å². The molecule has 1 amide bonds. The number of carbonyl (C=O) groups is 1. The van der Waals surface area contributed by atoms with Gasteiger partial charge in [-0.25, -0.2) is 0 Å². The lowest BCUT2D eigenvalue weighted by Gasteiger charge is -2.32. The predicted octanol–water partition coefficient (Wildman–Crippen LogP) is 0.861. The molecule has 1 heterocycles. The Morgan fingerprint density at radius 1 is 1.30 bits per heavy atom. The minimum absolute atomic E-state index is 0.00146. The Kier molecular flexibility index (Phi) is 5.52. The summed E-state index contributed by atoms with van der Waals surface area (Å²) in [6.07, 6.45) is 1.11. The van der Waals surface area contributed by atoms with Crippen LogP contribution in [0.5, 0.6) is 0 Å². The molecule has 5 nitrogen and oxygen atoms in total. The van der Waals surface area contributed by atoms with Gasteiger partial charge in [-0.05, 0) is 5.56 Å². The molecule has 0 atom stereocenters. The van der Waals surface area contributed by atoms with Crippen molar-refractivity contribution in [1.29, 1.82) is 0 Å². The van der Waals surface area contributed by atoms with E-state index >= 15 is 0 Å². The van der Waals surface area contributed by atoms with Crippen molar-refractivity contribution in [2.45, 2.75) is 25.0 Å². The van der Waals surface area contributed by atoms with Crippen LogP contribution in [0.2, 0.25) is 0 Å². The Bertz CT molecular complexity index is 415. The van der Waals surface area contributed by atoms with Gasteiger partial charge in [0.25, 0.3) is 0 Å². The van der Waals surface area contributed by atoms with E-state index in [0.717, 1.165) is 5.56 Å². The maximum atomic E-state index is 11.6. The van der Waals surface area contributed by atoms with Gasteiger partial charge < -0.3 is 19.9 Å². The smallest absolute Gasteiger partial charge is 0.246 e. The summed E-state index contributed by atoms with van der Waals surface area (Å²) in [5.74, 6) is -0.208. The molecule has 0 bridgehead atoms. The molecule has 0 aromatic heterocycles. The zero-order valence-corrected chi connectivity index (χ0v) is 11.5. The highest BCUT2D eigenvalue weighted by molar-refractivity contribution is 5.77. The number of ether oxygens (including phenoxy) is 2. The van der Waals surface area contributed by atoms with Crippen molar-refractivity contribution in [3.8, 4) is 0 Å². The molecule has 1 aromatic carbocycles. The average molecular weight is 279 g/mol. The second-order valence-corrected chi connectivity index (χ2v) is 5.09. The molecule has 110 valence electrons. The first-order valence-electron chi connectivity index (χ1n) is 6.86. The fourth-order valence-electron chi connectivity index (χ4n) is 2.08. The van der Waals surface area contributed by atoms with Crippen molar-refractivity contribution in [2.24, 2.45) is 0 Å². The lowest BCUT2D eigenvalue weighted by molar-refractivity contribution is -0.128. The van der Waals surface area contributed by atoms with Gasteiger partial charge in [0.2, 0.25) is 5.91 Å². The zero-order chi connectivity index (χ0) is 14.3. The van der Waals surface area contributed by atoms with Crippen molar-refractivity contribution in [3.05, 3.63) is 35.9 Å². The van der Waals surface area contributed by atoms with Gasteiger partial charge in [-0.2, -0.15) is 0 Å². The van der Waals surface area contributed by atoms with E-state index in [0.29, 0.717) is 32.7 Å². The quantitative estimate of drug-likeness (QED) is 0.810.